The molecule has 0 aliphatic carbocycles. The molecule has 0 unspecified atom stereocenters. The van der Waals surface area contributed by atoms with Crippen LogP contribution in [0.25, 0.3) is 0 Å². The maximum Gasteiger partial charge on any atom is 0.323 e. The second-order valence-corrected chi connectivity index (χ2v) is 4.65. The first-order valence-electron chi connectivity index (χ1n) is 6.20. The molecule has 1 fully saturated rings. The van der Waals surface area contributed by atoms with E-state index in [0.29, 0.717) is 5.75 Å². The number of piperidine rings is 1. The molecule has 1 aromatic rings. The van der Waals surface area contributed by atoms with Crippen molar-refractivity contribution < 1.29 is 24.2 Å². The second kappa shape index (κ2) is 5.73. The van der Waals surface area contributed by atoms with Gasteiger partial charge >= 0.3 is 5.97 Å². The number of carbonyl (C=O) groups is 3. The van der Waals surface area contributed by atoms with Gasteiger partial charge in [-0.3, -0.25) is 19.3 Å². The van der Waals surface area contributed by atoms with Crippen LogP contribution in [0.3, 0.4) is 0 Å². The van der Waals surface area contributed by atoms with E-state index in [4.69, 9.17) is 9.84 Å². The third kappa shape index (κ3) is 2.96. The van der Waals surface area contributed by atoms with Crippen molar-refractivity contribution in [1.82, 2.24) is 4.90 Å². The maximum atomic E-state index is 11.9. The number of carboxylic acid groups (broad SMARTS) is 1. The number of carbonyl (C=O) groups excluding carboxylic acids is 2. The molecule has 20 heavy (non-hydrogen) atoms. The third-order valence-corrected chi connectivity index (χ3v) is 3.32. The molecule has 0 bridgehead atoms. The molecule has 0 aromatic heterocycles. The van der Waals surface area contributed by atoms with Crippen LogP contribution in [0.15, 0.2) is 24.3 Å². The lowest BCUT2D eigenvalue weighted by Gasteiger charge is -2.29. The molecule has 6 nitrogen and oxygen atoms in total. The summed E-state index contributed by atoms with van der Waals surface area (Å²) in [4.78, 5) is 35.2. The lowest BCUT2D eigenvalue weighted by molar-refractivity contribution is -0.155. The Bertz CT molecular complexity index is 519. The van der Waals surface area contributed by atoms with Gasteiger partial charge in [-0.1, -0.05) is 12.1 Å². The minimum absolute atomic E-state index is 0.144. The molecule has 0 spiro atoms. The molecule has 1 N–H and O–H groups in total. The normalized spacial score (nSPS) is 16.4. The van der Waals surface area contributed by atoms with Crippen molar-refractivity contribution in [2.75, 3.05) is 13.7 Å². The molecular weight excluding hydrogens is 262 g/mol. The maximum absolute atomic E-state index is 11.9. The van der Waals surface area contributed by atoms with E-state index in [2.05, 4.69) is 0 Å². The van der Waals surface area contributed by atoms with Crippen LogP contribution >= 0.6 is 0 Å². The summed E-state index contributed by atoms with van der Waals surface area (Å²) in [7, 11) is 1.56. The van der Waals surface area contributed by atoms with Gasteiger partial charge in [-0.05, 0) is 17.7 Å². The summed E-state index contributed by atoms with van der Waals surface area (Å²) in [6.45, 7) is -0.563. The van der Waals surface area contributed by atoms with Crippen molar-refractivity contribution in [3.63, 3.8) is 0 Å². The van der Waals surface area contributed by atoms with Crippen LogP contribution in [0.2, 0.25) is 0 Å². The highest BCUT2D eigenvalue weighted by molar-refractivity contribution is 6.00. The Labute approximate surface area is 115 Å². The monoisotopic (exact) mass is 277 g/mol. The average Bonchev–Trinajstić information content (AvgIpc) is 2.42. The number of hydrogen-bond donors (Lipinski definition) is 1. The van der Waals surface area contributed by atoms with E-state index in [1.807, 2.05) is 12.1 Å². The minimum Gasteiger partial charge on any atom is -0.497 e. The number of ether oxygens (including phenoxy) is 1. The van der Waals surface area contributed by atoms with Crippen LogP contribution in [0.1, 0.15) is 24.3 Å². The number of aliphatic carboxylic acids is 1. The zero-order valence-corrected chi connectivity index (χ0v) is 11.0. The predicted octanol–water partition coefficient (Wildman–Crippen LogP) is 1.01. The summed E-state index contributed by atoms with van der Waals surface area (Å²) in [5.41, 5.74) is 0.877. The van der Waals surface area contributed by atoms with Crippen molar-refractivity contribution in [2.45, 2.75) is 18.8 Å². The highest BCUT2D eigenvalue weighted by atomic mass is 16.5. The van der Waals surface area contributed by atoms with E-state index in [-0.39, 0.29) is 18.8 Å². The van der Waals surface area contributed by atoms with Crippen LogP contribution in [-0.4, -0.2) is 41.4 Å². The van der Waals surface area contributed by atoms with Gasteiger partial charge in [0, 0.05) is 18.8 Å². The summed E-state index contributed by atoms with van der Waals surface area (Å²) in [5, 5.41) is 8.68. The van der Waals surface area contributed by atoms with Crippen molar-refractivity contribution >= 4 is 17.8 Å². The van der Waals surface area contributed by atoms with Gasteiger partial charge in [0.2, 0.25) is 11.8 Å². The smallest absolute Gasteiger partial charge is 0.323 e. The van der Waals surface area contributed by atoms with E-state index < -0.39 is 24.3 Å². The van der Waals surface area contributed by atoms with Crippen molar-refractivity contribution in [3.8, 4) is 5.75 Å². The standard InChI is InChI=1S/C14H15NO5/c1-20-11-4-2-9(3-5-11)10-6-12(16)15(8-14(18)19)13(17)7-10/h2-5,10H,6-8H2,1H3,(H,18,19). The van der Waals surface area contributed by atoms with Gasteiger partial charge in [-0.2, -0.15) is 0 Å². The van der Waals surface area contributed by atoms with E-state index in [1.165, 1.54) is 0 Å². The van der Waals surface area contributed by atoms with Crippen LogP contribution in [0.5, 0.6) is 5.75 Å². The molecule has 2 amide bonds. The third-order valence-electron chi connectivity index (χ3n) is 3.32. The molecule has 2 rings (SSSR count). The van der Waals surface area contributed by atoms with Crippen molar-refractivity contribution in [2.24, 2.45) is 0 Å². The van der Waals surface area contributed by atoms with Crippen LogP contribution in [-0.2, 0) is 14.4 Å². The molecular formula is C14H15NO5. The predicted molar refractivity (Wildman–Crippen MR) is 69.3 cm³/mol. The summed E-state index contributed by atoms with van der Waals surface area (Å²) in [6, 6.07) is 7.18. The number of rotatable bonds is 4. The SMILES string of the molecule is COc1ccc(C2CC(=O)N(CC(=O)O)C(=O)C2)cc1. The van der Waals surface area contributed by atoms with Gasteiger partial charge < -0.3 is 9.84 Å². The molecule has 1 saturated heterocycles. The number of likely N-dealkylation sites (tertiary alicyclic amines) is 1. The fraction of sp³-hybridized carbons (Fsp3) is 0.357. The summed E-state index contributed by atoms with van der Waals surface area (Å²) in [6.07, 6.45) is 0.288. The number of hydrogen-bond acceptors (Lipinski definition) is 4. The number of carboxylic acids is 1. The van der Waals surface area contributed by atoms with Gasteiger partial charge in [-0.25, -0.2) is 0 Å². The number of benzene rings is 1. The fourth-order valence-electron chi connectivity index (χ4n) is 2.28. The van der Waals surface area contributed by atoms with Crippen LogP contribution in [0.4, 0.5) is 0 Å². The Balaban J connectivity index is 2.11. The van der Waals surface area contributed by atoms with E-state index in [9.17, 15) is 14.4 Å². The quantitative estimate of drug-likeness (QED) is 0.830. The first-order chi connectivity index (χ1) is 9.51. The summed E-state index contributed by atoms with van der Waals surface area (Å²) in [5.74, 6) is -1.57. The zero-order chi connectivity index (χ0) is 14.7. The Morgan fingerprint density at radius 1 is 1.25 bits per heavy atom. The van der Waals surface area contributed by atoms with Crippen LogP contribution < -0.4 is 4.74 Å². The Kier molecular flexibility index (Phi) is 4.02. The molecule has 1 heterocycles. The first kappa shape index (κ1) is 14.0. The van der Waals surface area contributed by atoms with Crippen molar-refractivity contribution in [1.29, 1.82) is 0 Å². The molecule has 0 atom stereocenters. The molecule has 0 saturated carbocycles. The molecule has 6 heteroatoms. The lowest BCUT2D eigenvalue weighted by atomic mass is 9.88. The summed E-state index contributed by atoms with van der Waals surface area (Å²) >= 11 is 0. The molecule has 106 valence electrons. The minimum atomic E-state index is -1.19. The summed E-state index contributed by atoms with van der Waals surface area (Å²) < 4.78 is 5.05. The van der Waals surface area contributed by atoms with E-state index in [0.717, 1.165) is 10.5 Å². The topological polar surface area (TPSA) is 83.9 Å². The van der Waals surface area contributed by atoms with Gasteiger partial charge in [0.15, 0.2) is 0 Å². The molecule has 1 aromatic carbocycles. The first-order valence-corrected chi connectivity index (χ1v) is 6.20. The van der Waals surface area contributed by atoms with Gasteiger partial charge in [0.25, 0.3) is 0 Å². The van der Waals surface area contributed by atoms with Crippen LogP contribution in [0, 0.1) is 0 Å². The van der Waals surface area contributed by atoms with Gasteiger partial charge in [-0.15, -0.1) is 0 Å². The Morgan fingerprint density at radius 3 is 2.25 bits per heavy atom. The zero-order valence-electron chi connectivity index (χ0n) is 11.0. The van der Waals surface area contributed by atoms with E-state index in [1.54, 1.807) is 19.2 Å². The second-order valence-electron chi connectivity index (χ2n) is 4.65. The van der Waals surface area contributed by atoms with Gasteiger partial charge in [0.1, 0.15) is 12.3 Å². The lowest BCUT2D eigenvalue weighted by Crippen LogP contribution is -2.45. The number of methoxy groups -OCH3 is 1. The largest absolute Gasteiger partial charge is 0.497 e. The fourth-order valence-corrected chi connectivity index (χ4v) is 2.28. The number of nitrogens with zero attached hydrogens (tertiary/aromatic N) is 1. The molecule has 0 radical (unpaired) electrons. The highest BCUT2D eigenvalue weighted by Crippen LogP contribution is 2.30. The van der Waals surface area contributed by atoms with Gasteiger partial charge in [0.05, 0.1) is 7.11 Å². The Hall–Kier alpha value is -2.37. The van der Waals surface area contributed by atoms with Crippen molar-refractivity contribution in [3.05, 3.63) is 29.8 Å². The average molecular weight is 277 g/mol. The molecule has 1 aliphatic rings. The highest BCUT2D eigenvalue weighted by Gasteiger charge is 2.34. The van der Waals surface area contributed by atoms with E-state index >= 15 is 0 Å². The molecule has 1 aliphatic heterocycles. The number of imide groups is 1. The number of amides is 2. The Morgan fingerprint density at radius 2 is 1.80 bits per heavy atom.